The number of anilines is 1. The summed E-state index contributed by atoms with van der Waals surface area (Å²) >= 11 is 0. The molecule has 0 spiro atoms. The van der Waals surface area contributed by atoms with Crippen molar-refractivity contribution < 1.29 is 14.2 Å². The van der Waals surface area contributed by atoms with E-state index >= 15 is 0 Å². The lowest BCUT2D eigenvalue weighted by atomic mass is 10.3. The van der Waals surface area contributed by atoms with Gasteiger partial charge in [-0.1, -0.05) is 25.1 Å². The Bertz CT molecular complexity index is 572. The van der Waals surface area contributed by atoms with Crippen LogP contribution in [0.3, 0.4) is 0 Å². The van der Waals surface area contributed by atoms with Crippen LogP contribution in [0.2, 0.25) is 0 Å². The number of hydrogen-bond donors (Lipinski definition) is 1. The fourth-order valence-corrected chi connectivity index (χ4v) is 2.01. The molecule has 2 rings (SSSR count). The van der Waals surface area contributed by atoms with E-state index < -0.39 is 0 Å². The maximum absolute atomic E-state index is 5.73. The van der Waals surface area contributed by atoms with Crippen LogP contribution in [-0.4, -0.2) is 26.9 Å². The van der Waals surface area contributed by atoms with Gasteiger partial charge in [0.05, 0.1) is 13.7 Å². The maximum atomic E-state index is 5.73. The van der Waals surface area contributed by atoms with Crippen LogP contribution in [-0.2, 0) is 0 Å². The molecule has 0 aliphatic rings. The van der Waals surface area contributed by atoms with E-state index in [4.69, 9.17) is 14.2 Å². The summed E-state index contributed by atoms with van der Waals surface area (Å²) in [4.78, 5) is 0. The zero-order chi connectivity index (χ0) is 15.6. The Kier molecular flexibility index (Phi) is 6.42. The van der Waals surface area contributed by atoms with Crippen molar-refractivity contribution in [2.24, 2.45) is 0 Å². The third-order valence-electron chi connectivity index (χ3n) is 3.06. The van der Waals surface area contributed by atoms with E-state index in [1.165, 1.54) is 0 Å². The second-order valence-corrected chi connectivity index (χ2v) is 4.80. The standard InChI is InChI=1S/C18H23NO3/c1-3-12-21-16-8-6-7-15(14-16)19-11-13-22-18-10-5-4-9-17(18)20-2/h4-10,14,19H,3,11-13H2,1-2H3. The number of nitrogens with one attached hydrogen (secondary N) is 1. The molecule has 2 aromatic carbocycles. The molecule has 118 valence electrons. The number of benzene rings is 2. The number of para-hydroxylation sites is 2. The molecule has 0 atom stereocenters. The first-order valence-corrected chi connectivity index (χ1v) is 7.56. The molecule has 0 fully saturated rings. The first-order valence-electron chi connectivity index (χ1n) is 7.56. The summed E-state index contributed by atoms with van der Waals surface area (Å²) in [7, 11) is 1.64. The molecule has 0 saturated carbocycles. The van der Waals surface area contributed by atoms with Gasteiger partial charge in [-0.2, -0.15) is 0 Å². The molecule has 0 amide bonds. The normalized spacial score (nSPS) is 10.1. The highest BCUT2D eigenvalue weighted by molar-refractivity contribution is 5.48. The fourth-order valence-electron chi connectivity index (χ4n) is 2.01. The summed E-state index contributed by atoms with van der Waals surface area (Å²) in [6, 6.07) is 15.6. The van der Waals surface area contributed by atoms with Gasteiger partial charge in [0.15, 0.2) is 11.5 Å². The van der Waals surface area contributed by atoms with E-state index in [9.17, 15) is 0 Å². The quantitative estimate of drug-likeness (QED) is 0.711. The van der Waals surface area contributed by atoms with Crippen LogP contribution in [0.5, 0.6) is 17.2 Å². The van der Waals surface area contributed by atoms with Crippen molar-refractivity contribution in [3.63, 3.8) is 0 Å². The number of ether oxygens (including phenoxy) is 3. The topological polar surface area (TPSA) is 39.7 Å². The van der Waals surface area contributed by atoms with E-state index in [1.54, 1.807) is 7.11 Å². The molecule has 1 N–H and O–H groups in total. The number of methoxy groups -OCH3 is 1. The third kappa shape index (κ3) is 4.88. The van der Waals surface area contributed by atoms with E-state index in [0.717, 1.165) is 36.0 Å². The number of rotatable bonds is 9. The van der Waals surface area contributed by atoms with Crippen molar-refractivity contribution in [2.45, 2.75) is 13.3 Å². The molecule has 2 aromatic rings. The molecule has 0 aromatic heterocycles. The molecule has 0 saturated heterocycles. The van der Waals surface area contributed by atoms with Crippen molar-refractivity contribution in [3.8, 4) is 17.2 Å². The van der Waals surface area contributed by atoms with Crippen LogP contribution in [0.4, 0.5) is 5.69 Å². The molecule has 4 nitrogen and oxygen atoms in total. The van der Waals surface area contributed by atoms with Crippen LogP contribution >= 0.6 is 0 Å². The van der Waals surface area contributed by atoms with E-state index in [-0.39, 0.29) is 0 Å². The lowest BCUT2D eigenvalue weighted by molar-refractivity contribution is 0.305. The highest BCUT2D eigenvalue weighted by Crippen LogP contribution is 2.25. The molecular formula is C18H23NO3. The lowest BCUT2D eigenvalue weighted by Gasteiger charge is -2.12. The lowest BCUT2D eigenvalue weighted by Crippen LogP contribution is -2.11. The van der Waals surface area contributed by atoms with Crippen molar-refractivity contribution in [3.05, 3.63) is 48.5 Å². The molecule has 0 aliphatic carbocycles. The molecular weight excluding hydrogens is 278 g/mol. The molecule has 0 heterocycles. The molecule has 0 bridgehead atoms. The van der Waals surface area contributed by atoms with Gasteiger partial charge in [-0.25, -0.2) is 0 Å². The zero-order valence-electron chi connectivity index (χ0n) is 13.2. The zero-order valence-corrected chi connectivity index (χ0v) is 13.2. The van der Waals surface area contributed by atoms with Gasteiger partial charge in [0, 0.05) is 18.3 Å². The molecule has 0 unspecified atom stereocenters. The first-order chi connectivity index (χ1) is 10.8. The van der Waals surface area contributed by atoms with E-state index in [0.29, 0.717) is 13.2 Å². The Morgan fingerprint density at radius 3 is 2.50 bits per heavy atom. The van der Waals surface area contributed by atoms with Crippen LogP contribution < -0.4 is 19.5 Å². The number of hydrogen-bond acceptors (Lipinski definition) is 4. The summed E-state index contributed by atoms with van der Waals surface area (Å²) in [5, 5.41) is 3.32. The summed E-state index contributed by atoms with van der Waals surface area (Å²) in [6.45, 7) is 4.09. The Morgan fingerprint density at radius 2 is 1.73 bits per heavy atom. The minimum atomic E-state index is 0.556. The summed E-state index contributed by atoms with van der Waals surface area (Å²) in [5.74, 6) is 2.39. The van der Waals surface area contributed by atoms with Crippen LogP contribution in [0.1, 0.15) is 13.3 Å². The van der Waals surface area contributed by atoms with Gasteiger partial charge in [-0.05, 0) is 30.7 Å². The SMILES string of the molecule is CCCOc1cccc(NCCOc2ccccc2OC)c1. The highest BCUT2D eigenvalue weighted by Gasteiger charge is 2.02. The van der Waals surface area contributed by atoms with Crippen molar-refractivity contribution in [1.82, 2.24) is 0 Å². The molecule has 4 heteroatoms. The minimum Gasteiger partial charge on any atom is -0.494 e. The first kappa shape index (κ1) is 16.0. The maximum Gasteiger partial charge on any atom is 0.161 e. The summed E-state index contributed by atoms with van der Waals surface area (Å²) in [6.07, 6.45) is 1.00. The van der Waals surface area contributed by atoms with Gasteiger partial charge in [0.1, 0.15) is 12.4 Å². The Hall–Kier alpha value is -2.36. The monoisotopic (exact) mass is 301 g/mol. The molecule has 22 heavy (non-hydrogen) atoms. The van der Waals surface area contributed by atoms with Crippen LogP contribution in [0.25, 0.3) is 0 Å². The summed E-state index contributed by atoms with van der Waals surface area (Å²) in [5.41, 5.74) is 1.03. The smallest absolute Gasteiger partial charge is 0.161 e. The Labute approximate surface area is 132 Å². The second kappa shape index (κ2) is 8.82. The third-order valence-corrected chi connectivity index (χ3v) is 3.06. The van der Waals surface area contributed by atoms with Crippen LogP contribution in [0.15, 0.2) is 48.5 Å². The Balaban J connectivity index is 1.79. The van der Waals surface area contributed by atoms with Crippen molar-refractivity contribution in [1.29, 1.82) is 0 Å². The van der Waals surface area contributed by atoms with Gasteiger partial charge < -0.3 is 19.5 Å². The van der Waals surface area contributed by atoms with Gasteiger partial charge in [-0.3, -0.25) is 0 Å². The Morgan fingerprint density at radius 1 is 0.909 bits per heavy atom. The summed E-state index contributed by atoms with van der Waals surface area (Å²) < 4.78 is 16.6. The average molecular weight is 301 g/mol. The predicted octanol–water partition coefficient (Wildman–Crippen LogP) is 3.97. The van der Waals surface area contributed by atoms with Crippen LogP contribution in [0, 0.1) is 0 Å². The predicted molar refractivity (Wildman–Crippen MR) is 89.2 cm³/mol. The largest absolute Gasteiger partial charge is 0.494 e. The van der Waals surface area contributed by atoms with E-state index in [2.05, 4.69) is 12.2 Å². The molecule has 0 radical (unpaired) electrons. The van der Waals surface area contributed by atoms with Crippen molar-refractivity contribution in [2.75, 3.05) is 32.2 Å². The highest BCUT2D eigenvalue weighted by atomic mass is 16.5. The molecule has 0 aliphatic heterocycles. The minimum absolute atomic E-state index is 0.556. The van der Waals surface area contributed by atoms with Crippen molar-refractivity contribution >= 4 is 5.69 Å². The average Bonchev–Trinajstić information content (AvgIpc) is 2.57. The van der Waals surface area contributed by atoms with Gasteiger partial charge in [0.25, 0.3) is 0 Å². The fraction of sp³-hybridized carbons (Fsp3) is 0.333. The van der Waals surface area contributed by atoms with Gasteiger partial charge in [-0.15, -0.1) is 0 Å². The second-order valence-electron chi connectivity index (χ2n) is 4.80. The van der Waals surface area contributed by atoms with Gasteiger partial charge >= 0.3 is 0 Å². The van der Waals surface area contributed by atoms with Gasteiger partial charge in [0.2, 0.25) is 0 Å². The van der Waals surface area contributed by atoms with E-state index in [1.807, 2.05) is 48.5 Å².